The van der Waals surface area contributed by atoms with Gasteiger partial charge in [-0.05, 0) is 28.7 Å². The zero-order chi connectivity index (χ0) is 23.8. The number of hydrogen-bond donors (Lipinski definition) is 3. The number of amides is 2. The molecule has 1 aliphatic rings. The van der Waals surface area contributed by atoms with Crippen LogP contribution in [-0.2, 0) is 19.1 Å². The lowest BCUT2D eigenvalue weighted by Gasteiger charge is -2.20. The first-order valence-corrected chi connectivity index (χ1v) is 11.1. The second-order valence-corrected chi connectivity index (χ2v) is 8.01. The van der Waals surface area contributed by atoms with Crippen LogP contribution >= 0.6 is 0 Å². The number of carbonyl (C=O) groups excluding carboxylic acids is 2. The largest absolute Gasteiger partial charge is 0.481 e. The van der Waals surface area contributed by atoms with Crippen molar-refractivity contribution in [3.8, 4) is 11.1 Å². The molecule has 0 aliphatic heterocycles. The first-order chi connectivity index (χ1) is 15.9. The summed E-state index contributed by atoms with van der Waals surface area (Å²) in [6.07, 6.45) is 0.0565. The monoisotopic (exact) mass is 454 g/mol. The zero-order valence-corrected chi connectivity index (χ0v) is 18.9. The van der Waals surface area contributed by atoms with E-state index in [0.29, 0.717) is 0 Å². The fourth-order valence-electron chi connectivity index (χ4n) is 4.13. The van der Waals surface area contributed by atoms with Crippen LogP contribution in [0.15, 0.2) is 48.5 Å². The highest BCUT2D eigenvalue weighted by molar-refractivity contribution is 5.89. The predicted octanol–water partition coefficient (Wildman–Crippen LogP) is 3.30. The third-order valence-corrected chi connectivity index (χ3v) is 5.78. The summed E-state index contributed by atoms with van der Waals surface area (Å²) >= 11 is 0. The number of ether oxygens (including phenoxy) is 2. The van der Waals surface area contributed by atoms with Gasteiger partial charge < -0.3 is 25.2 Å². The highest BCUT2D eigenvalue weighted by Gasteiger charge is 2.30. The minimum atomic E-state index is -1.25. The molecular weight excluding hydrogens is 424 g/mol. The van der Waals surface area contributed by atoms with E-state index in [1.165, 1.54) is 0 Å². The Labute approximate surface area is 193 Å². The Kier molecular flexibility index (Phi) is 8.43. The average Bonchev–Trinajstić information content (AvgIpc) is 3.13. The molecule has 2 aromatic carbocycles. The van der Waals surface area contributed by atoms with E-state index in [9.17, 15) is 19.5 Å². The van der Waals surface area contributed by atoms with Crippen molar-refractivity contribution in [3.05, 3.63) is 59.7 Å². The molecule has 0 saturated carbocycles. The summed E-state index contributed by atoms with van der Waals surface area (Å²) in [6, 6.07) is 14.6. The lowest BCUT2D eigenvalue weighted by Crippen LogP contribution is -2.49. The number of carboxylic acid groups (broad SMARTS) is 1. The van der Waals surface area contributed by atoms with Crippen molar-refractivity contribution in [1.29, 1.82) is 0 Å². The second-order valence-electron chi connectivity index (χ2n) is 8.01. The molecule has 2 aromatic rings. The SMILES string of the molecule is CCCC(CNC(=O)C(CC(=O)O)NC(=O)OCC1c2ccccc2-c2ccccc21)OC. The van der Waals surface area contributed by atoms with Crippen molar-refractivity contribution >= 4 is 18.0 Å². The van der Waals surface area contributed by atoms with Gasteiger partial charge in [0.1, 0.15) is 12.6 Å². The molecule has 0 aromatic heterocycles. The van der Waals surface area contributed by atoms with Gasteiger partial charge in [0.05, 0.1) is 12.5 Å². The number of methoxy groups -OCH3 is 1. The number of carboxylic acids is 1. The van der Waals surface area contributed by atoms with E-state index in [2.05, 4.69) is 10.6 Å². The van der Waals surface area contributed by atoms with Crippen molar-refractivity contribution in [2.45, 2.75) is 44.2 Å². The molecule has 2 amide bonds. The highest BCUT2D eigenvalue weighted by Crippen LogP contribution is 2.44. The minimum absolute atomic E-state index is 0.0729. The Balaban J connectivity index is 1.61. The van der Waals surface area contributed by atoms with Crippen LogP contribution in [0, 0.1) is 0 Å². The van der Waals surface area contributed by atoms with E-state index in [4.69, 9.17) is 9.47 Å². The summed E-state index contributed by atoms with van der Waals surface area (Å²) in [5.74, 6) is -1.93. The minimum Gasteiger partial charge on any atom is -0.481 e. The van der Waals surface area contributed by atoms with Crippen LogP contribution in [0.2, 0.25) is 0 Å². The summed E-state index contributed by atoms with van der Waals surface area (Å²) in [6.45, 7) is 2.30. The number of hydrogen-bond acceptors (Lipinski definition) is 5. The number of carbonyl (C=O) groups is 3. The van der Waals surface area contributed by atoms with Gasteiger partial charge in [0, 0.05) is 19.6 Å². The van der Waals surface area contributed by atoms with Crippen LogP contribution in [0.4, 0.5) is 4.79 Å². The summed E-state index contributed by atoms with van der Waals surface area (Å²) in [5, 5.41) is 14.2. The third-order valence-electron chi connectivity index (χ3n) is 5.78. The van der Waals surface area contributed by atoms with E-state index in [-0.39, 0.29) is 25.2 Å². The van der Waals surface area contributed by atoms with Gasteiger partial charge in [0.25, 0.3) is 0 Å². The highest BCUT2D eigenvalue weighted by atomic mass is 16.5. The zero-order valence-electron chi connectivity index (χ0n) is 18.9. The fraction of sp³-hybridized carbons (Fsp3) is 0.400. The van der Waals surface area contributed by atoms with E-state index in [1.54, 1.807) is 7.11 Å². The Morgan fingerprint density at radius 3 is 2.18 bits per heavy atom. The molecule has 3 rings (SSSR count). The number of nitrogens with one attached hydrogen (secondary N) is 2. The van der Waals surface area contributed by atoms with Crippen molar-refractivity contribution in [2.24, 2.45) is 0 Å². The van der Waals surface area contributed by atoms with Gasteiger partial charge >= 0.3 is 12.1 Å². The van der Waals surface area contributed by atoms with E-state index < -0.39 is 30.4 Å². The van der Waals surface area contributed by atoms with Crippen molar-refractivity contribution in [1.82, 2.24) is 10.6 Å². The van der Waals surface area contributed by atoms with Crippen LogP contribution in [0.25, 0.3) is 11.1 Å². The number of alkyl carbamates (subject to hydrolysis) is 1. The Hall–Kier alpha value is -3.39. The Bertz CT molecular complexity index is 947. The molecule has 0 fully saturated rings. The molecular formula is C25H30N2O6. The van der Waals surface area contributed by atoms with Crippen LogP contribution in [-0.4, -0.2) is 55.5 Å². The first-order valence-electron chi connectivity index (χ1n) is 11.1. The number of benzene rings is 2. The van der Waals surface area contributed by atoms with Gasteiger partial charge in [0.15, 0.2) is 0 Å². The summed E-state index contributed by atoms with van der Waals surface area (Å²) in [4.78, 5) is 36.2. The van der Waals surface area contributed by atoms with Crippen molar-refractivity contribution < 1.29 is 29.0 Å². The quantitative estimate of drug-likeness (QED) is 0.480. The van der Waals surface area contributed by atoms with E-state index in [0.717, 1.165) is 35.1 Å². The molecule has 0 heterocycles. The van der Waals surface area contributed by atoms with Gasteiger partial charge in [-0.1, -0.05) is 61.9 Å². The van der Waals surface area contributed by atoms with E-state index in [1.807, 2.05) is 55.5 Å². The number of fused-ring (bicyclic) bond motifs is 3. The second kappa shape index (κ2) is 11.5. The fourth-order valence-corrected chi connectivity index (χ4v) is 4.13. The normalized spacial score (nSPS) is 14.0. The molecule has 2 atom stereocenters. The maximum absolute atomic E-state index is 12.5. The topological polar surface area (TPSA) is 114 Å². The molecule has 2 unspecified atom stereocenters. The summed E-state index contributed by atoms with van der Waals surface area (Å²) in [5.41, 5.74) is 4.33. The molecule has 33 heavy (non-hydrogen) atoms. The molecule has 8 nitrogen and oxygen atoms in total. The molecule has 0 radical (unpaired) electrons. The third kappa shape index (κ3) is 6.10. The molecule has 176 valence electrons. The van der Waals surface area contributed by atoms with Crippen LogP contribution in [0.5, 0.6) is 0 Å². The first kappa shape index (κ1) is 24.3. The molecule has 0 bridgehead atoms. The van der Waals surface area contributed by atoms with Gasteiger partial charge in [0.2, 0.25) is 5.91 Å². The Morgan fingerprint density at radius 1 is 1.03 bits per heavy atom. The van der Waals surface area contributed by atoms with E-state index >= 15 is 0 Å². The molecule has 0 saturated heterocycles. The number of aliphatic carboxylic acids is 1. The predicted molar refractivity (Wildman–Crippen MR) is 123 cm³/mol. The van der Waals surface area contributed by atoms with Gasteiger partial charge in [-0.3, -0.25) is 9.59 Å². The van der Waals surface area contributed by atoms with Gasteiger partial charge in [-0.25, -0.2) is 4.79 Å². The standard InChI is InChI=1S/C25H30N2O6/c1-3-8-16(32-2)14-26-24(30)22(13-23(28)29)27-25(31)33-15-21-19-11-6-4-9-17(19)18-10-5-7-12-20(18)21/h4-7,9-12,16,21-22H,3,8,13-15H2,1-2H3,(H,26,30)(H,27,31)(H,28,29). The molecule has 0 spiro atoms. The molecule has 3 N–H and O–H groups in total. The van der Waals surface area contributed by atoms with Gasteiger partial charge in [-0.2, -0.15) is 0 Å². The summed E-state index contributed by atoms with van der Waals surface area (Å²) < 4.78 is 10.7. The smallest absolute Gasteiger partial charge is 0.407 e. The lowest BCUT2D eigenvalue weighted by atomic mass is 9.98. The maximum Gasteiger partial charge on any atom is 0.407 e. The molecule has 8 heteroatoms. The van der Waals surface area contributed by atoms with Crippen molar-refractivity contribution in [3.63, 3.8) is 0 Å². The van der Waals surface area contributed by atoms with Crippen molar-refractivity contribution in [2.75, 3.05) is 20.3 Å². The van der Waals surface area contributed by atoms with Crippen LogP contribution in [0.1, 0.15) is 43.2 Å². The van der Waals surface area contributed by atoms with Crippen LogP contribution < -0.4 is 10.6 Å². The Morgan fingerprint density at radius 2 is 1.64 bits per heavy atom. The average molecular weight is 455 g/mol. The van der Waals surface area contributed by atoms with Gasteiger partial charge in [-0.15, -0.1) is 0 Å². The molecule has 1 aliphatic carbocycles. The number of rotatable bonds is 11. The summed E-state index contributed by atoms with van der Waals surface area (Å²) in [7, 11) is 1.55. The maximum atomic E-state index is 12.5. The van der Waals surface area contributed by atoms with Crippen LogP contribution in [0.3, 0.4) is 0 Å². The lowest BCUT2D eigenvalue weighted by molar-refractivity contribution is -0.139.